The van der Waals surface area contributed by atoms with Gasteiger partial charge < -0.3 is 10.2 Å². The highest BCUT2D eigenvalue weighted by Crippen LogP contribution is 2.18. The third kappa shape index (κ3) is 5.10. The summed E-state index contributed by atoms with van der Waals surface area (Å²) in [6, 6.07) is 6.63. The monoisotopic (exact) mass is 307 g/mol. The van der Waals surface area contributed by atoms with E-state index in [1.165, 1.54) is 12.1 Å². The second kappa shape index (κ2) is 7.52. The molecule has 1 heterocycles. The molecule has 3 nitrogen and oxygen atoms in total. The maximum atomic E-state index is 13.2. The van der Waals surface area contributed by atoms with Gasteiger partial charge in [0.05, 0.1) is 12.2 Å². The Morgan fingerprint density at radius 2 is 2.19 bits per heavy atom. The molecule has 2 aromatic rings. The van der Waals surface area contributed by atoms with Crippen molar-refractivity contribution in [1.29, 1.82) is 0 Å². The molecule has 0 bridgehead atoms. The average molecular weight is 307 g/mol. The van der Waals surface area contributed by atoms with Crippen molar-refractivity contribution in [2.75, 3.05) is 18.5 Å². The summed E-state index contributed by atoms with van der Waals surface area (Å²) in [6.07, 6.45) is 0. The van der Waals surface area contributed by atoms with Crippen LogP contribution in [0.3, 0.4) is 0 Å². The van der Waals surface area contributed by atoms with Crippen LogP contribution in [0.2, 0.25) is 0 Å². The summed E-state index contributed by atoms with van der Waals surface area (Å²) in [5, 5.41) is 6.56. The van der Waals surface area contributed by atoms with Crippen LogP contribution < -0.4 is 10.2 Å². The molecule has 0 radical (unpaired) electrons. The van der Waals surface area contributed by atoms with E-state index in [9.17, 15) is 4.39 Å². The summed E-state index contributed by atoms with van der Waals surface area (Å²) >= 11 is 1.67. The minimum atomic E-state index is -0.212. The first-order valence-corrected chi connectivity index (χ1v) is 8.03. The first-order valence-electron chi connectivity index (χ1n) is 7.15. The Bertz CT molecular complexity index is 568. The second-order valence-electron chi connectivity index (χ2n) is 5.59. The van der Waals surface area contributed by atoms with Crippen LogP contribution in [0.4, 0.5) is 10.1 Å². The molecule has 21 heavy (non-hydrogen) atoms. The number of halogens is 1. The molecule has 0 atom stereocenters. The average Bonchev–Trinajstić information content (AvgIpc) is 2.86. The van der Waals surface area contributed by atoms with Crippen LogP contribution >= 0.6 is 11.3 Å². The van der Waals surface area contributed by atoms with Gasteiger partial charge in [0.25, 0.3) is 0 Å². The second-order valence-corrected chi connectivity index (χ2v) is 6.54. The number of rotatable bonds is 7. The number of aromatic nitrogens is 1. The summed E-state index contributed by atoms with van der Waals surface area (Å²) in [4.78, 5) is 6.62. The zero-order valence-electron chi connectivity index (χ0n) is 12.8. The molecule has 0 aliphatic heterocycles. The molecule has 1 N–H and O–H groups in total. The Morgan fingerprint density at radius 3 is 2.90 bits per heavy atom. The first kappa shape index (κ1) is 15.9. The van der Waals surface area contributed by atoms with E-state index in [0.29, 0.717) is 12.5 Å². The predicted molar refractivity (Wildman–Crippen MR) is 87.2 cm³/mol. The van der Waals surface area contributed by atoms with Crippen LogP contribution in [0.15, 0.2) is 29.6 Å². The zero-order valence-corrected chi connectivity index (χ0v) is 13.6. The van der Waals surface area contributed by atoms with Crippen LogP contribution in [0.5, 0.6) is 0 Å². The predicted octanol–water partition coefficient (Wildman–Crippen LogP) is 3.66. The molecule has 1 aromatic carbocycles. The highest BCUT2D eigenvalue weighted by Gasteiger charge is 2.07. The van der Waals surface area contributed by atoms with Gasteiger partial charge in [0.15, 0.2) is 0 Å². The summed E-state index contributed by atoms with van der Waals surface area (Å²) in [5.74, 6) is 0.430. The van der Waals surface area contributed by atoms with Crippen LogP contribution in [-0.2, 0) is 13.1 Å². The lowest BCUT2D eigenvalue weighted by atomic mass is 10.2. The normalized spacial score (nSPS) is 11.1. The number of hydrogen-bond donors (Lipinski definition) is 1. The molecular formula is C16H22FN3S. The molecule has 2 rings (SSSR count). The molecule has 0 aliphatic rings. The molecule has 114 valence electrons. The Balaban J connectivity index is 1.90. The van der Waals surface area contributed by atoms with E-state index in [4.69, 9.17) is 0 Å². The van der Waals surface area contributed by atoms with E-state index in [1.807, 2.05) is 18.0 Å². The summed E-state index contributed by atoms with van der Waals surface area (Å²) in [6.45, 7) is 6.87. The van der Waals surface area contributed by atoms with Crippen LogP contribution in [-0.4, -0.2) is 18.6 Å². The van der Waals surface area contributed by atoms with Gasteiger partial charge in [-0.25, -0.2) is 9.37 Å². The molecule has 0 amide bonds. The Morgan fingerprint density at radius 1 is 1.38 bits per heavy atom. The minimum Gasteiger partial charge on any atom is -0.369 e. The Hall–Kier alpha value is -1.46. The van der Waals surface area contributed by atoms with Crippen molar-refractivity contribution in [3.05, 3.63) is 46.2 Å². The topological polar surface area (TPSA) is 28.2 Å². The van der Waals surface area contributed by atoms with E-state index in [0.717, 1.165) is 29.5 Å². The lowest BCUT2D eigenvalue weighted by molar-refractivity contribution is 0.551. The summed E-state index contributed by atoms with van der Waals surface area (Å²) < 4.78 is 13.2. The summed E-state index contributed by atoms with van der Waals surface area (Å²) in [5.41, 5.74) is 1.88. The highest BCUT2D eigenvalue weighted by molar-refractivity contribution is 7.09. The van der Waals surface area contributed by atoms with Crippen LogP contribution in [0, 0.1) is 11.7 Å². The molecule has 0 saturated carbocycles. The number of thiazole rings is 1. The molecule has 0 saturated heterocycles. The summed E-state index contributed by atoms with van der Waals surface area (Å²) in [7, 11) is 1.95. The van der Waals surface area contributed by atoms with E-state index in [1.54, 1.807) is 17.4 Å². The van der Waals surface area contributed by atoms with Gasteiger partial charge in [0.1, 0.15) is 10.8 Å². The molecule has 0 spiro atoms. The number of anilines is 1. The smallest absolute Gasteiger partial charge is 0.125 e. The van der Waals surface area contributed by atoms with E-state index in [-0.39, 0.29) is 5.82 Å². The van der Waals surface area contributed by atoms with Crippen molar-refractivity contribution >= 4 is 17.0 Å². The molecule has 0 unspecified atom stereocenters. The van der Waals surface area contributed by atoms with E-state index in [2.05, 4.69) is 29.5 Å². The van der Waals surface area contributed by atoms with Gasteiger partial charge in [-0.2, -0.15) is 0 Å². The molecule has 1 aromatic heterocycles. The van der Waals surface area contributed by atoms with Gasteiger partial charge in [-0.05, 0) is 30.7 Å². The van der Waals surface area contributed by atoms with Crippen molar-refractivity contribution in [1.82, 2.24) is 10.3 Å². The molecular weight excluding hydrogens is 285 g/mol. The van der Waals surface area contributed by atoms with Crippen molar-refractivity contribution in [2.24, 2.45) is 5.92 Å². The fraction of sp³-hybridized carbons (Fsp3) is 0.438. The van der Waals surface area contributed by atoms with Gasteiger partial charge in [0, 0.05) is 24.7 Å². The van der Waals surface area contributed by atoms with Gasteiger partial charge >= 0.3 is 0 Å². The fourth-order valence-corrected chi connectivity index (χ4v) is 2.77. The third-order valence-electron chi connectivity index (χ3n) is 3.08. The van der Waals surface area contributed by atoms with E-state index < -0.39 is 0 Å². The van der Waals surface area contributed by atoms with Gasteiger partial charge in [-0.15, -0.1) is 11.3 Å². The van der Waals surface area contributed by atoms with Gasteiger partial charge in [-0.3, -0.25) is 0 Å². The number of hydrogen-bond acceptors (Lipinski definition) is 4. The quantitative estimate of drug-likeness (QED) is 0.846. The zero-order chi connectivity index (χ0) is 15.2. The third-order valence-corrected chi connectivity index (χ3v) is 3.97. The SMILES string of the molecule is CC(C)CNCc1nc(CN(C)c2cccc(F)c2)cs1. The fourth-order valence-electron chi connectivity index (χ4n) is 2.02. The van der Waals surface area contributed by atoms with Crippen molar-refractivity contribution in [2.45, 2.75) is 26.9 Å². The van der Waals surface area contributed by atoms with Crippen molar-refractivity contribution in [3.8, 4) is 0 Å². The van der Waals surface area contributed by atoms with Crippen LogP contribution in [0.1, 0.15) is 24.5 Å². The minimum absolute atomic E-state index is 0.212. The standard InChI is InChI=1S/C16H22FN3S/c1-12(2)8-18-9-16-19-14(11-21-16)10-20(3)15-6-4-5-13(17)7-15/h4-7,11-12,18H,8-10H2,1-3H3. The molecule has 0 aliphatic carbocycles. The highest BCUT2D eigenvalue weighted by atomic mass is 32.1. The van der Waals surface area contributed by atoms with Crippen LogP contribution in [0.25, 0.3) is 0 Å². The first-order chi connectivity index (χ1) is 10.0. The number of nitrogens with zero attached hydrogens (tertiary/aromatic N) is 2. The molecule has 0 fully saturated rings. The van der Waals surface area contributed by atoms with E-state index >= 15 is 0 Å². The largest absolute Gasteiger partial charge is 0.369 e. The maximum Gasteiger partial charge on any atom is 0.125 e. The number of nitrogens with one attached hydrogen (secondary N) is 1. The maximum absolute atomic E-state index is 13.2. The lowest BCUT2D eigenvalue weighted by Gasteiger charge is -2.17. The van der Waals surface area contributed by atoms with Gasteiger partial charge in [0.2, 0.25) is 0 Å². The number of benzene rings is 1. The Labute approximate surface area is 129 Å². The van der Waals surface area contributed by atoms with Crippen molar-refractivity contribution < 1.29 is 4.39 Å². The van der Waals surface area contributed by atoms with Crippen molar-refractivity contribution in [3.63, 3.8) is 0 Å². The Kier molecular flexibility index (Phi) is 5.70. The molecule has 5 heteroatoms. The lowest BCUT2D eigenvalue weighted by Crippen LogP contribution is -2.19. The van der Waals surface area contributed by atoms with Gasteiger partial charge in [-0.1, -0.05) is 19.9 Å².